The van der Waals surface area contributed by atoms with Gasteiger partial charge in [0.1, 0.15) is 53.2 Å². The number of H-pyrrole nitrogens is 4. The van der Waals surface area contributed by atoms with Crippen molar-refractivity contribution in [2.75, 3.05) is 126 Å². The number of hydrogen-bond acceptors (Lipinski definition) is 13. The minimum atomic E-state index is -0.421. The Morgan fingerprint density at radius 3 is 1.04 bits per heavy atom. The summed E-state index contributed by atoms with van der Waals surface area (Å²) in [4.78, 5) is 81.6. The van der Waals surface area contributed by atoms with Crippen molar-refractivity contribution in [2.24, 2.45) is 0 Å². The Kier molecular flexibility index (Phi) is 27.4. The van der Waals surface area contributed by atoms with Crippen LogP contribution in [-0.4, -0.2) is 205 Å². The minimum absolute atomic E-state index is 0.0569. The van der Waals surface area contributed by atoms with E-state index < -0.39 is 12.2 Å². The van der Waals surface area contributed by atoms with E-state index >= 15 is 0 Å². The van der Waals surface area contributed by atoms with Crippen LogP contribution in [0, 0.1) is 0 Å². The number of morpholine rings is 2. The molecule has 10 aromatic carbocycles. The molecule has 6 amide bonds. The molecule has 0 spiro atoms. The van der Waals surface area contributed by atoms with E-state index in [1.807, 2.05) is 165 Å². The number of carbonyl (C=O) groups excluding carboxylic acids is 4. The highest BCUT2D eigenvalue weighted by Crippen LogP contribution is 2.46. The van der Waals surface area contributed by atoms with Gasteiger partial charge in [-0.25, -0.2) is 19.2 Å². The van der Waals surface area contributed by atoms with Crippen molar-refractivity contribution in [3.8, 4) is 34.5 Å². The van der Waals surface area contributed by atoms with Crippen molar-refractivity contribution in [2.45, 2.75) is 62.7 Å². The molecule has 0 radical (unpaired) electrons. The lowest BCUT2D eigenvalue weighted by atomic mass is 9.92. The Bertz CT molecular complexity index is 6400. The summed E-state index contributed by atoms with van der Waals surface area (Å²) < 4.78 is 45.2. The number of fused-ring (bicyclic) bond motifs is 12. The molecule has 0 aliphatic carbocycles. The number of amides is 6. The number of hydrogen-bond donors (Lipinski definition) is 4. The Labute approximate surface area is 786 Å². The minimum Gasteiger partial charge on any atom is -0.497 e. The third-order valence-electron chi connectivity index (χ3n) is 25.3. The second-order valence-electron chi connectivity index (χ2n) is 32.9. The molecule has 3 saturated heterocycles. The molecule has 4 atom stereocenters. The van der Waals surface area contributed by atoms with Gasteiger partial charge in [0, 0.05) is 168 Å². The number of urea groups is 2. The number of nitrogens with zero attached hydrogens (tertiary/aromatic N) is 7. The molecule has 7 aliphatic rings. The number of halogens is 6. The van der Waals surface area contributed by atoms with Crippen molar-refractivity contribution in [1.29, 1.82) is 0 Å². The molecule has 29 heteroatoms. The van der Waals surface area contributed by atoms with E-state index in [0.717, 1.165) is 198 Å². The maximum atomic E-state index is 13.5. The van der Waals surface area contributed by atoms with Gasteiger partial charge in [0.2, 0.25) is 0 Å². The third-order valence-corrected chi connectivity index (χ3v) is 27.0. The summed E-state index contributed by atoms with van der Waals surface area (Å²) in [6.45, 7) is 11.4. The fraction of sp³-hybridized carbons (Fsp3) is 0.287. The largest absolute Gasteiger partial charge is 0.497 e. The number of likely N-dealkylation sites (tertiary alicyclic amines) is 1. The fourth-order valence-corrected chi connectivity index (χ4v) is 19.9. The Morgan fingerprint density at radius 2 is 0.646 bits per heavy atom. The van der Waals surface area contributed by atoms with Gasteiger partial charge in [-0.15, -0.1) is 0 Å². The lowest BCUT2D eigenvalue weighted by Gasteiger charge is -2.40. The van der Waals surface area contributed by atoms with Crippen LogP contribution in [0.2, 0.25) is 25.1 Å². The molecule has 14 aromatic rings. The number of carbonyl (C=O) groups is 4. The molecule has 4 aromatic heterocycles. The molecule has 130 heavy (non-hydrogen) atoms. The zero-order chi connectivity index (χ0) is 89.6. The summed E-state index contributed by atoms with van der Waals surface area (Å²) in [6.07, 6.45) is 4.38. The van der Waals surface area contributed by atoms with Gasteiger partial charge in [-0.3, -0.25) is 14.7 Å². The van der Waals surface area contributed by atoms with Crippen LogP contribution in [0.15, 0.2) is 223 Å². The van der Waals surface area contributed by atoms with Gasteiger partial charge in [-0.1, -0.05) is 122 Å². The molecular formula is C101H97BrCl5N11O12. The molecule has 0 saturated carbocycles. The van der Waals surface area contributed by atoms with Crippen LogP contribution in [0.5, 0.6) is 34.5 Å². The van der Waals surface area contributed by atoms with Crippen molar-refractivity contribution in [3.05, 3.63) is 315 Å². The lowest BCUT2D eigenvalue weighted by molar-refractivity contribution is 0.0322. The first-order valence-electron chi connectivity index (χ1n) is 43.7. The average Bonchev–Trinajstić information content (AvgIpc) is 1.59. The highest BCUT2D eigenvalue weighted by molar-refractivity contribution is 9.10. The molecule has 21 rings (SSSR count). The first kappa shape index (κ1) is 89.1. The van der Waals surface area contributed by atoms with Crippen LogP contribution >= 0.6 is 73.9 Å². The van der Waals surface area contributed by atoms with Crippen molar-refractivity contribution >= 4 is 142 Å². The van der Waals surface area contributed by atoms with Crippen LogP contribution in [-0.2, 0) is 35.2 Å². The van der Waals surface area contributed by atoms with Crippen molar-refractivity contribution in [1.82, 2.24) is 54.2 Å². The predicted octanol–water partition coefficient (Wildman–Crippen LogP) is 22.3. The van der Waals surface area contributed by atoms with Crippen LogP contribution < -0.4 is 28.4 Å². The number of nitrogens with one attached hydrogen (secondary N) is 4. The fourth-order valence-electron chi connectivity index (χ4n) is 18.8. The van der Waals surface area contributed by atoms with Gasteiger partial charge in [-0.05, 0) is 253 Å². The highest BCUT2D eigenvalue weighted by Gasteiger charge is 2.42. The first-order chi connectivity index (χ1) is 63.4. The molecule has 670 valence electrons. The molecule has 7 aliphatic heterocycles. The van der Waals surface area contributed by atoms with Crippen LogP contribution in [0.4, 0.5) is 19.2 Å². The monoisotopic (exact) mass is 1910 g/mol. The van der Waals surface area contributed by atoms with E-state index in [0.29, 0.717) is 97.8 Å². The summed E-state index contributed by atoms with van der Waals surface area (Å²) in [5.74, 6) is 4.02. The number of ether oxygens (including phenoxy) is 8. The quantitative estimate of drug-likeness (QED) is 0.0843. The van der Waals surface area contributed by atoms with Gasteiger partial charge in [-0.2, -0.15) is 0 Å². The van der Waals surface area contributed by atoms with E-state index in [1.54, 1.807) is 79.7 Å². The number of methoxy groups -OCH3 is 3. The van der Waals surface area contributed by atoms with E-state index in [2.05, 4.69) is 65.0 Å². The van der Waals surface area contributed by atoms with Crippen LogP contribution in [0.1, 0.15) is 104 Å². The maximum Gasteiger partial charge on any atom is 0.416 e. The Morgan fingerprint density at radius 1 is 0.346 bits per heavy atom. The van der Waals surface area contributed by atoms with E-state index in [9.17, 15) is 19.2 Å². The van der Waals surface area contributed by atoms with Gasteiger partial charge in [0.05, 0.1) is 59.8 Å². The first-order valence-corrected chi connectivity index (χ1v) is 46.4. The molecular weight excluding hydrogens is 1820 g/mol. The SMILES string of the molecule is COc1ccc(C2c3[nH]c4ccc(Cl)cc4c3CCN2C(=O)N2CCCC2)cc1.COc1ccc(C2c3[nH]c4ccc(Cl)cc4c3CCN2C(=O)N2CCOCC2)cc1.COc1ccc(OC(=O)N2CCc3c([nH]c4ccc(Br)cc34)[C@@H]2c2ccc(Cl)cc2)cc1.O=C(Oc1ccc(Cl)cc1)N1CCc2c([nH]c3ccc(Cl)cc23)C1c1ccc(OCCN2CCOCC2)cc1. The summed E-state index contributed by atoms with van der Waals surface area (Å²) in [5.41, 5.74) is 17.2. The summed E-state index contributed by atoms with van der Waals surface area (Å²) in [7, 11) is 4.92. The molecule has 11 heterocycles. The maximum absolute atomic E-state index is 13.5. The summed E-state index contributed by atoms with van der Waals surface area (Å²) in [5, 5.41) is 7.90. The number of rotatable bonds is 13. The standard InChI is InChI=1S/C30H29Cl2N3O4.C25H20BrClN2O3.C23H24ClN3O3.C23H24ClN3O2/c31-21-3-8-24(9-4-21)39-30(36)35-12-11-25-26-19-22(32)5-10-27(26)33-28(25)29(35)20-1-6-23(7-2-20)38-18-15-34-13-16-37-17-14-34;1-31-18-7-9-19(10-8-18)32-25(30)29-13-12-20-21-14-16(26)4-11-22(21)28-23(20)24(29)15-2-5-17(27)6-3-15;1-29-17-5-2-15(3-6-17)22-21-18(19-14-16(24)4-7-20(19)25-21)8-9-27(22)23(28)26-10-12-30-13-11-26;1-29-17-7-4-15(5-8-17)22-21-18(19-14-16(24)6-9-20(19)25-21)10-13-27(22)23(28)26-11-2-3-12-26/h1-10,19,29,33H,11-18H2;2-11,14,24,28H,12-13H2,1H3;2-7,14,22,25H,8-13H2,1H3;4-9,14,22,25H,2-3,10-13H2,1H3/t;24-;;/m.0../s1. The van der Waals surface area contributed by atoms with E-state index in [-0.39, 0.29) is 36.2 Å². The summed E-state index contributed by atoms with van der Waals surface area (Å²) >= 11 is 34.6. The predicted molar refractivity (Wildman–Crippen MR) is 512 cm³/mol. The molecule has 23 nitrogen and oxygen atoms in total. The second kappa shape index (κ2) is 40.0. The van der Waals surface area contributed by atoms with Crippen molar-refractivity contribution < 1.29 is 57.1 Å². The second-order valence-corrected chi connectivity index (χ2v) is 36.0. The van der Waals surface area contributed by atoms with E-state index in [1.165, 1.54) is 22.3 Å². The third kappa shape index (κ3) is 19.3. The molecule has 4 N–H and O–H groups in total. The number of aromatic nitrogens is 4. The molecule has 3 fully saturated rings. The Balaban J connectivity index is 0.000000117. The number of benzene rings is 10. The van der Waals surface area contributed by atoms with Crippen molar-refractivity contribution in [3.63, 3.8) is 0 Å². The summed E-state index contributed by atoms with van der Waals surface area (Å²) in [6, 6.07) is 68.4. The van der Waals surface area contributed by atoms with Gasteiger partial charge in [0.25, 0.3) is 0 Å². The van der Waals surface area contributed by atoms with E-state index in [4.69, 9.17) is 95.9 Å². The smallest absolute Gasteiger partial charge is 0.416 e. The van der Waals surface area contributed by atoms with Crippen LogP contribution in [0.25, 0.3) is 43.6 Å². The topological polar surface area (TPSA) is 228 Å². The van der Waals surface area contributed by atoms with Gasteiger partial charge < -0.3 is 77.4 Å². The zero-order valence-electron chi connectivity index (χ0n) is 71.9. The van der Waals surface area contributed by atoms with Crippen LogP contribution in [0.3, 0.4) is 0 Å². The Hall–Kier alpha value is -11.6. The number of aromatic amines is 4. The van der Waals surface area contributed by atoms with Gasteiger partial charge in [0.15, 0.2) is 0 Å². The van der Waals surface area contributed by atoms with Gasteiger partial charge >= 0.3 is 24.2 Å². The normalized spacial score (nSPS) is 17.7. The zero-order valence-corrected chi connectivity index (χ0v) is 77.3. The lowest BCUT2D eigenvalue weighted by Crippen LogP contribution is -2.51. The highest BCUT2D eigenvalue weighted by atomic mass is 79.9. The molecule has 3 unspecified atom stereocenters. The average molecular weight is 1910 g/mol. The molecule has 0 bridgehead atoms.